The third-order valence-electron chi connectivity index (χ3n) is 7.24. The van der Waals surface area contributed by atoms with Crippen LogP contribution in [0.15, 0.2) is 67.0 Å². The van der Waals surface area contributed by atoms with Gasteiger partial charge >= 0.3 is 12.4 Å². The Hall–Kier alpha value is -3.48. The molecule has 3 aromatic rings. The van der Waals surface area contributed by atoms with Gasteiger partial charge in [0.25, 0.3) is 5.60 Å². The van der Waals surface area contributed by atoms with Crippen molar-refractivity contribution in [1.82, 2.24) is 20.1 Å². The highest BCUT2D eigenvalue weighted by atomic mass is 19.4. The second kappa shape index (κ2) is 14.5. The number of nitrogens with zero attached hydrogens (tertiary/aromatic N) is 3. The summed E-state index contributed by atoms with van der Waals surface area (Å²) in [6, 6.07) is 13.7. The number of alkyl halides is 6. The maximum Gasteiger partial charge on any atom is 0.430 e. The van der Waals surface area contributed by atoms with Crippen molar-refractivity contribution in [3.05, 3.63) is 89.2 Å². The predicted molar refractivity (Wildman–Crippen MR) is 156 cm³/mol. The molecule has 2 heterocycles. The van der Waals surface area contributed by atoms with Crippen molar-refractivity contribution in [3.63, 3.8) is 0 Å². The molecule has 44 heavy (non-hydrogen) atoms. The number of hydrogen-bond acceptors (Lipinski definition) is 5. The van der Waals surface area contributed by atoms with Crippen LogP contribution in [0.1, 0.15) is 43.0 Å². The van der Waals surface area contributed by atoms with Crippen molar-refractivity contribution in [3.8, 4) is 11.1 Å². The molecule has 1 aliphatic heterocycles. The number of amides is 1. The summed E-state index contributed by atoms with van der Waals surface area (Å²) in [7, 11) is 0. The number of carbonyl (C=O) groups is 1. The predicted octanol–water partition coefficient (Wildman–Crippen LogP) is 6.22. The van der Waals surface area contributed by atoms with E-state index in [0.29, 0.717) is 23.3 Å². The van der Waals surface area contributed by atoms with E-state index >= 15 is 0 Å². The molecule has 0 atom stereocenters. The number of aryl methyl sites for hydroxylation is 1. The lowest BCUT2D eigenvalue weighted by molar-refractivity contribution is -0.376. The molecule has 0 unspecified atom stereocenters. The van der Waals surface area contributed by atoms with Crippen molar-refractivity contribution < 1.29 is 36.2 Å². The molecule has 1 aliphatic rings. The van der Waals surface area contributed by atoms with Gasteiger partial charge in [-0.05, 0) is 60.7 Å². The molecule has 0 spiro atoms. The molecule has 1 fully saturated rings. The largest absolute Gasteiger partial charge is 0.430 e. The molecule has 2 N–H and O–H groups in total. The van der Waals surface area contributed by atoms with Gasteiger partial charge < -0.3 is 10.4 Å². The van der Waals surface area contributed by atoms with E-state index in [-0.39, 0.29) is 11.9 Å². The topological polar surface area (TPSA) is 68.7 Å². The van der Waals surface area contributed by atoms with Crippen LogP contribution in [-0.2, 0) is 23.5 Å². The van der Waals surface area contributed by atoms with Crippen LogP contribution in [-0.4, -0.2) is 70.4 Å². The van der Waals surface area contributed by atoms with Gasteiger partial charge in [-0.1, -0.05) is 42.5 Å². The monoisotopic (exact) mass is 624 g/mol. The third-order valence-corrected chi connectivity index (χ3v) is 7.24. The standard InChI is InChI=1S/C27H27F6N3O.C5H11NO/c1-19-16-21(18-36-14-12-35(13-15-36)17-20-8-10-34-11-9-20)2-7-24(19)22-3-5-23(6-4-22)25(37,26(28,29)30)27(31,32)33;1-4(2)6-5(3)7/h2-11,16,37H,12-15,17-18H2,1H3;4H,1-3H3,(H,6,7). The van der Waals surface area contributed by atoms with Gasteiger partial charge in [-0.2, -0.15) is 26.3 Å². The average molecular weight is 625 g/mol. The summed E-state index contributed by atoms with van der Waals surface area (Å²) in [6.07, 6.45) is -8.24. The van der Waals surface area contributed by atoms with Gasteiger partial charge in [-0.3, -0.25) is 19.6 Å². The van der Waals surface area contributed by atoms with Crippen LogP contribution < -0.4 is 5.32 Å². The fourth-order valence-electron chi connectivity index (χ4n) is 5.04. The zero-order valence-electron chi connectivity index (χ0n) is 25.1. The summed E-state index contributed by atoms with van der Waals surface area (Å²) in [5, 5.41) is 12.3. The first-order valence-electron chi connectivity index (χ1n) is 14.2. The minimum atomic E-state index is -5.91. The highest BCUT2D eigenvalue weighted by Gasteiger charge is 2.71. The second-order valence-electron chi connectivity index (χ2n) is 11.2. The minimum Gasteiger partial charge on any atom is -0.369 e. The molecule has 240 valence electrons. The molecular weight excluding hydrogens is 586 g/mol. The lowest BCUT2D eigenvalue weighted by Gasteiger charge is -2.34. The highest BCUT2D eigenvalue weighted by Crippen LogP contribution is 2.50. The quantitative estimate of drug-likeness (QED) is 0.306. The molecule has 1 amide bonds. The minimum absolute atomic E-state index is 0.0370. The van der Waals surface area contributed by atoms with E-state index in [2.05, 4.69) is 20.1 Å². The van der Waals surface area contributed by atoms with Crippen molar-refractivity contribution >= 4 is 5.91 Å². The van der Waals surface area contributed by atoms with E-state index < -0.39 is 23.5 Å². The molecule has 1 aromatic heterocycles. The normalized spacial score (nSPS) is 15.1. The number of benzene rings is 2. The van der Waals surface area contributed by atoms with Gasteiger partial charge in [0.1, 0.15) is 0 Å². The van der Waals surface area contributed by atoms with Crippen molar-refractivity contribution in [1.29, 1.82) is 0 Å². The van der Waals surface area contributed by atoms with Crippen LogP contribution in [0.4, 0.5) is 26.3 Å². The zero-order chi connectivity index (χ0) is 32.7. The van der Waals surface area contributed by atoms with E-state index in [4.69, 9.17) is 0 Å². The Morgan fingerprint density at radius 3 is 1.75 bits per heavy atom. The number of hydrogen-bond donors (Lipinski definition) is 2. The Balaban J connectivity index is 0.000000676. The van der Waals surface area contributed by atoms with Gasteiger partial charge in [0.05, 0.1) is 0 Å². The summed E-state index contributed by atoms with van der Waals surface area (Å²) in [5.74, 6) is 0.0370. The van der Waals surface area contributed by atoms with Gasteiger partial charge in [-0.15, -0.1) is 0 Å². The number of aliphatic hydroxyl groups is 1. The SMILES string of the molecule is CC(=O)NC(C)C.Cc1cc(CN2CCN(Cc3ccncc3)CC2)ccc1-c1ccc(C(O)(C(F)(F)F)C(F)(F)F)cc1. The molecule has 1 saturated heterocycles. The lowest BCUT2D eigenvalue weighted by atomic mass is 9.90. The van der Waals surface area contributed by atoms with E-state index in [1.807, 2.05) is 51.1 Å². The maximum atomic E-state index is 13.2. The lowest BCUT2D eigenvalue weighted by Crippen LogP contribution is -2.53. The number of pyridine rings is 1. The van der Waals surface area contributed by atoms with Gasteiger partial charge in [0.15, 0.2) is 0 Å². The number of carbonyl (C=O) groups excluding carboxylic acids is 1. The Morgan fingerprint density at radius 1 is 0.841 bits per heavy atom. The van der Waals surface area contributed by atoms with Gasteiger partial charge in [0.2, 0.25) is 5.91 Å². The first-order chi connectivity index (χ1) is 20.5. The molecule has 12 heteroatoms. The smallest absolute Gasteiger partial charge is 0.369 e. The van der Waals surface area contributed by atoms with Crippen LogP contribution in [0.2, 0.25) is 0 Å². The summed E-state index contributed by atoms with van der Waals surface area (Å²) >= 11 is 0. The Kier molecular flexibility index (Phi) is 11.6. The fraction of sp³-hybridized carbons (Fsp3) is 0.438. The first kappa shape index (κ1) is 35.0. The molecule has 6 nitrogen and oxygen atoms in total. The molecule has 0 aliphatic carbocycles. The Labute approximate surface area is 253 Å². The van der Waals surface area contributed by atoms with Crippen LogP contribution in [0.5, 0.6) is 0 Å². The number of halogens is 6. The summed E-state index contributed by atoms with van der Waals surface area (Å²) < 4.78 is 78.9. The molecule has 0 saturated carbocycles. The van der Waals surface area contributed by atoms with Gasteiger partial charge in [-0.25, -0.2) is 0 Å². The molecule has 0 radical (unpaired) electrons. The summed E-state index contributed by atoms with van der Waals surface area (Å²) in [6.45, 7) is 12.6. The number of aromatic nitrogens is 1. The van der Waals surface area contributed by atoms with Crippen molar-refractivity contribution in [2.75, 3.05) is 26.2 Å². The van der Waals surface area contributed by atoms with E-state index in [1.54, 1.807) is 12.4 Å². The maximum absolute atomic E-state index is 13.2. The molecular formula is C32H38F6N4O2. The van der Waals surface area contributed by atoms with Gasteiger partial charge in [0, 0.05) is 70.2 Å². The van der Waals surface area contributed by atoms with Crippen LogP contribution >= 0.6 is 0 Å². The fourth-order valence-corrected chi connectivity index (χ4v) is 5.04. The average Bonchev–Trinajstić information content (AvgIpc) is 2.93. The molecule has 0 bridgehead atoms. The van der Waals surface area contributed by atoms with Crippen LogP contribution in [0, 0.1) is 6.92 Å². The number of rotatable bonds is 7. The molecule has 2 aromatic carbocycles. The highest BCUT2D eigenvalue weighted by molar-refractivity contribution is 5.73. The first-order valence-corrected chi connectivity index (χ1v) is 14.2. The third kappa shape index (κ3) is 9.02. The second-order valence-corrected chi connectivity index (χ2v) is 11.2. The van der Waals surface area contributed by atoms with Crippen LogP contribution in [0.3, 0.4) is 0 Å². The van der Waals surface area contributed by atoms with E-state index in [0.717, 1.165) is 50.4 Å². The van der Waals surface area contributed by atoms with E-state index in [1.165, 1.54) is 24.6 Å². The van der Waals surface area contributed by atoms with Crippen LogP contribution in [0.25, 0.3) is 11.1 Å². The zero-order valence-corrected chi connectivity index (χ0v) is 25.1. The van der Waals surface area contributed by atoms with Crippen molar-refractivity contribution in [2.45, 2.75) is 64.8 Å². The Bertz CT molecular complexity index is 1340. The van der Waals surface area contributed by atoms with E-state index in [9.17, 15) is 36.2 Å². The number of nitrogens with one attached hydrogen (secondary N) is 1. The summed E-state index contributed by atoms with van der Waals surface area (Å²) in [5.41, 5.74) is -1.89. The Morgan fingerprint density at radius 2 is 1.34 bits per heavy atom. The molecule has 4 rings (SSSR count). The number of piperazine rings is 1. The van der Waals surface area contributed by atoms with Crippen molar-refractivity contribution in [2.24, 2.45) is 0 Å². The summed E-state index contributed by atoms with van der Waals surface area (Å²) in [4.78, 5) is 18.9.